The first-order valence-corrected chi connectivity index (χ1v) is 16.0. The van der Waals surface area contributed by atoms with Crippen molar-refractivity contribution < 1.29 is 32.6 Å². The predicted octanol–water partition coefficient (Wildman–Crippen LogP) is 5.13. The number of alkyl halides is 3. The first kappa shape index (κ1) is 33.4. The summed E-state index contributed by atoms with van der Waals surface area (Å²) in [5, 5.41) is 23.1. The summed E-state index contributed by atoms with van der Waals surface area (Å²) in [4.78, 5) is 31.7. The number of nitrogens with one attached hydrogen (secondary N) is 3. The van der Waals surface area contributed by atoms with Gasteiger partial charge in [-0.05, 0) is 61.8 Å². The molecule has 0 bridgehead atoms. The summed E-state index contributed by atoms with van der Waals surface area (Å²) in [5.74, 6) is -0.694. The number of thiazole rings is 1. The van der Waals surface area contributed by atoms with Gasteiger partial charge in [0.1, 0.15) is 10.8 Å². The lowest BCUT2D eigenvalue weighted by Gasteiger charge is -2.33. The molecule has 46 heavy (non-hydrogen) atoms. The zero-order valence-corrected chi connectivity index (χ0v) is 26.2. The number of nitrogens with zero attached hydrogens (tertiary/aromatic N) is 1. The molecule has 8 nitrogen and oxygen atoms in total. The van der Waals surface area contributed by atoms with E-state index < -0.39 is 23.9 Å². The van der Waals surface area contributed by atoms with E-state index in [4.69, 9.17) is 0 Å². The van der Waals surface area contributed by atoms with E-state index in [1.165, 1.54) is 29.5 Å². The van der Waals surface area contributed by atoms with Crippen molar-refractivity contribution in [3.8, 4) is 5.75 Å². The van der Waals surface area contributed by atoms with E-state index in [-0.39, 0.29) is 43.0 Å². The van der Waals surface area contributed by atoms with Crippen LogP contribution in [0.25, 0.3) is 0 Å². The SMILES string of the molecule is Cc1csc(CNC(=O)C2(C3CC3)C=CC=C(C(=O)N[C@@H](Cc3ccccc3)[C@H](O)CNCc3cccc(OC(F)(F)F)c3)C2)n1. The Bertz CT molecular complexity index is 1570. The maximum Gasteiger partial charge on any atom is 0.573 e. The van der Waals surface area contributed by atoms with Gasteiger partial charge in [-0.2, -0.15) is 0 Å². The number of halogens is 3. The fraction of sp³-hybridized carbons (Fsp3) is 0.382. The Balaban J connectivity index is 1.23. The van der Waals surface area contributed by atoms with E-state index in [9.17, 15) is 27.9 Å². The molecule has 1 aromatic heterocycles. The van der Waals surface area contributed by atoms with Crippen molar-refractivity contribution in [3.05, 3.63) is 106 Å². The maximum absolute atomic E-state index is 13.7. The van der Waals surface area contributed by atoms with Crippen LogP contribution < -0.4 is 20.7 Å². The summed E-state index contributed by atoms with van der Waals surface area (Å²) in [7, 11) is 0. The smallest absolute Gasteiger partial charge is 0.406 e. The summed E-state index contributed by atoms with van der Waals surface area (Å²) in [6.07, 6.45) is 1.94. The molecule has 0 radical (unpaired) electrons. The van der Waals surface area contributed by atoms with Gasteiger partial charge in [-0.15, -0.1) is 24.5 Å². The molecule has 0 spiro atoms. The number of aromatic nitrogens is 1. The fourth-order valence-electron chi connectivity index (χ4n) is 5.72. The van der Waals surface area contributed by atoms with Crippen LogP contribution in [0.15, 0.2) is 83.8 Å². The minimum absolute atomic E-state index is 0.0612. The molecule has 2 amide bonds. The molecule has 2 aliphatic carbocycles. The first-order chi connectivity index (χ1) is 22.0. The number of amides is 2. The molecule has 3 atom stereocenters. The third kappa shape index (κ3) is 9.05. The van der Waals surface area contributed by atoms with Crippen LogP contribution in [0.3, 0.4) is 0 Å². The summed E-state index contributed by atoms with van der Waals surface area (Å²) in [6.45, 7) is 2.46. The van der Waals surface area contributed by atoms with Gasteiger partial charge in [0.2, 0.25) is 11.8 Å². The highest BCUT2D eigenvalue weighted by atomic mass is 32.1. The molecule has 2 aliphatic rings. The number of rotatable bonds is 14. The minimum Gasteiger partial charge on any atom is -0.406 e. The quantitative estimate of drug-likeness (QED) is 0.192. The third-order valence-corrected chi connectivity index (χ3v) is 9.12. The van der Waals surface area contributed by atoms with E-state index in [2.05, 4.69) is 25.7 Å². The standard InChI is InChI=1S/C34H37F3N4O4S/c1-22-21-46-30(40-22)20-39-32(44)33(26-12-13-26)14-6-10-25(17-33)31(43)41-28(16-23-7-3-2-4-8-23)29(42)19-38-18-24-9-5-11-27(15-24)45-34(35,36)37/h2-11,14-15,21,26,28-29,38,42H,12-13,16-20H2,1H3,(H,39,44)(H,41,43)/t28-,29+,33?/m0/s1. The van der Waals surface area contributed by atoms with Crippen molar-refractivity contribution in [1.82, 2.24) is 20.9 Å². The largest absolute Gasteiger partial charge is 0.573 e. The zero-order chi connectivity index (χ0) is 32.7. The van der Waals surface area contributed by atoms with Crippen LogP contribution >= 0.6 is 11.3 Å². The van der Waals surface area contributed by atoms with Crippen LogP contribution in [-0.4, -0.2) is 47.0 Å². The Labute approximate surface area is 269 Å². The van der Waals surface area contributed by atoms with E-state index in [0.29, 0.717) is 24.1 Å². The Kier molecular flexibility index (Phi) is 10.6. The van der Waals surface area contributed by atoms with Crippen molar-refractivity contribution in [2.24, 2.45) is 11.3 Å². The lowest BCUT2D eigenvalue weighted by atomic mass is 9.73. The van der Waals surface area contributed by atoms with Gasteiger partial charge in [-0.25, -0.2) is 4.98 Å². The lowest BCUT2D eigenvalue weighted by molar-refractivity contribution is -0.274. The molecule has 1 heterocycles. The van der Waals surface area contributed by atoms with Crippen LogP contribution in [0, 0.1) is 18.3 Å². The molecule has 1 fully saturated rings. The van der Waals surface area contributed by atoms with Crippen LogP contribution in [0.2, 0.25) is 0 Å². The number of hydrogen-bond acceptors (Lipinski definition) is 7. The number of aryl methyl sites for hydroxylation is 1. The first-order valence-electron chi connectivity index (χ1n) is 15.2. The van der Waals surface area contributed by atoms with Crippen molar-refractivity contribution in [1.29, 1.82) is 0 Å². The van der Waals surface area contributed by atoms with Gasteiger partial charge in [0.25, 0.3) is 0 Å². The normalized spacial score (nSPS) is 19.2. The van der Waals surface area contributed by atoms with Crippen molar-refractivity contribution in [2.45, 2.75) is 64.2 Å². The number of carbonyl (C=O) groups is 2. The van der Waals surface area contributed by atoms with Gasteiger partial charge < -0.3 is 25.8 Å². The number of allylic oxidation sites excluding steroid dienone is 2. The number of aliphatic hydroxyl groups is 1. The maximum atomic E-state index is 13.7. The van der Waals surface area contributed by atoms with E-state index in [1.807, 2.05) is 48.7 Å². The molecule has 3 aromatic rings. The average molecular weight is 655 g/mol. The second-order valence-corrected chi connectivity index (χ2v) is 12.7. The van der Waals surface area contributed by atoms with Crippen LogP contribution in [0.4, 0.5) is 13.2 Å². The minimum atomic E-state index is -4.79. The second-order valence-electron chi connectivity index (χ2n) is 11.8. The van der Waals surface area contributed by atoms with Crippen molar-refractivity contribution >= 4 is 23.2 Å². The summed E-state index contributed by atoms with van der Waals surface area (Å²) < 4.78 is 41.9. The highest BCUT2D eigenvalue weighted by molar-refractivity contribution is 7.09. The Hall–Kier alpha value is -4.00. The van der Waals surface area contributed by atoms with E-state index in [1.54, 1.807) is 18.2 Å². The number of benzene rings is 2. The van der Waals surface area contributed by atoms with Crippen LogP contribution in [0.5, 0.6) is 5.75 Å². The number of aliphatic hydroxyl groups excluding tert-OH is 1. The van der Waals surface area contributed by atoms with Crippen molar-refractivity contribution in [2.75, 3.05) is 6.54 Å². The van der Waals surface area contributed by atoms with Gasteiger partial charge in [0.05, 0.1) is 24.1 Å². The highest BCUT2D eigenvalue weighted by Crippen LogP contribution is 2.51. The topological polar surface area (TPSA) is 113 Å². The second kappa shape index (κ2) is 14.6. The molecule has 2 aromatic carbocycles. The van der Waals surface area contributed by atoms with E-state index >= 15 is 0 Å². The predicted molar refractivity (Wildman–Crippen MR) is 169 cm³/mol. The van der Waals surface area contributed by atoms with E-state index in [0.717, 1.165) is 29.1 Å². The number of carbonyl (C=O) groups excluding carboxylic acids is 2. The van der Waals surface area contributed by atoms with Gasteiger partial charge >= 0.3 is 6.36 Å². The Morgan fingerprint density at radius 3 is 2.57 bits per heavy atom. The molecule has 12 heteroatoms. The summed E-state index contributed by atoms with van der Waals surface area (Å²) >= 11 is 1.49. The summed E-state index contributed by atoms with van der Waals surface area (Å²) in [6, 6.07) is 14.3. The molecule has 5 rings (SSSR count). The average Bonchev–Trinajstić information content (AvgIpc) is 3.80. The molecule has 4 N–H and O–H groups in total. The molecule has 0 saturated heterocycles. The number of hydrogen-bond donors (Lipinski definition) is 4. The molecule has 1 saturated carbocycles. The summed E-state index contributed by atoms with van der Waals surface area (Å²) in [5.41, 5.74) is 1.96. The molecular formula is C34H37F3N4O4S. The Morgan fingerprint density at radius 2 is 1.87 bits per heavy atom. The van der Waals surface area contributed by atoms with Gasteiger partial charge in [0, 0.05) is 29.7 Å². The monoisotopic (exact) mass is 654 g/mol. The Morgan fingerprint density at radius 1 is 1.11 bits per heavy atom. The van der Waals surface area contributed by atoms with Crippen molar-refractivity contribution in [3.63, 3.8) is 0 Å². The van der Waals surface area contributed by atoms with Gasteiger partial charge in [-0.1, -0.05) is 60.7 Å². The fourth-order valence-corrected chi connectivity index (χ4v) is 6.43. The molecule has 0 aliphatic heterocycles. The highest BCUT2D eigenvalue weighted by Gasteiger charge is 2.50. The lowest BCUT2D eigenvalue weighted by Crippen LogP contribution is -2.50. The number of ether oxygens (including phenoxy) is 1. The van der Waals surface area contributed by atoms with Crippen LogP contribution in [-0.2, 0) is 29.1 Å². The third-order valence-electron chi connectivity index (χ3n) is 8.16. The van der Waals surface area contributed by atoms with Crippen LogP contribution in [0.1, 0.15) is 41.1 Å². The molecule has 1 unspecified atom stereocenters. The van der Waals surface area contributed by atoms with Gasteiger partial charge in [-0.3, -0.25) is 9.59 Å². The molecule has 244 valence electrons. The van der Waals surface area contributed by atoms with Gasteiger partial charge in [0.15, 0.2) is 0 Å². The molecular weight excluding hydrogens is 617 g/mol. The zero-order valence-electron chi connectivity index (χ0n) is 25.3.